The van der Waals surface area contributed by atoms with E-state index in [2.05, 4.69) is 5.32 Å². The summed E-state index contributed by atoms with van der Waals surface area (Å²) in [4.78, 5) is 43.4. The van der Waals surface area contributed by atoms with Gasteiger partial charge in [0.05, 0.1) is 18.2 Å². The molecule has 0 aromatic heterocycles. The molecule has 3 unspecified atom stereocenters. The number of carbonyl (C=O) groups excluding carboxylic acids is 3. The molecule has 3 aromatic rings. The van der Waals surface area contributed by atoms with Gasteiger partial charge in [-0.05, 0) is 55.2 Å². The van der Waals surface area contributed by atoms with E-state index in [-0.39, 0.29) is 31.1 Å². The van der Waals surface area contributed by atoms with E-state index >= 15 is 0 Å². The first-order valence-corrected chi connectivity index (χ1v) is 13.1. The van der Waals surface area contributed by atoms with Crippen LogP contribution in [0.1, 0.15) is 30.4 Å². The zero-order valence-corrected chi connectivity index (χ0v) is 21.2. The lowest BCUT2D eigenvalue weighted by Crippen LogP contribution is -2.63. The number of anilines is 1. The van der Waals surface area contributed by atoms with Gasteiger partial charge in [-0.2, -0.15) is 0 Å². The van der Waals surface area contributed by atoms with Crippen LogP contribution in [0.2, 0.25) is 0 Å². The minimum absolute atomic E-state index is 0.00875. The molecule has 2 heterocycles. The number of urea groups is 1. The number of ether oxygens (including phenoxy) is 2. The van der Waals surface area contributed by atoms with Crippen LogP contribution in [0.3, 0.4) is 0 Å². The van der Waals surface area contributed by atoms with E-state index in [9.17, 15) is 18.8 Å². The number of amides is 4. The number of rotatable bonds is 6. The Morgan fingerprint density at radius 3 is 2.54 bits per heavy atom. The quantitative estimate of drug-likeness (QED) is 0.503. The maximum atomic E-state index is 14.6. The highest BCUT2D eigenvalue weighted by Crippen LogP contribution is 2.40. The molecule has 3 aromatic carbocycles. The molecule has 2 fully saturated rings. The Bertz CT molecular complexity index is 1410. The van der Waals surface area contributed by atoms with Crippen molar-refractivity contribution in [3.63, 3.8) is 0 Å². The Labute approximate surface area is 225 Å². The third-order valence-corrected chi connectivity index (χ3v) is 7.78. The lowest BCUT2D eigenvalue weighted by molar-refractivity contribution is -0.133. The molecule has 2 aliphatic heterocycles. The van der Waals surface area contributed by atoms with Gasteiger partial charge in [-0.15, -0.1) is 0 Å². The molecule has 1 aliphatic carbocycles. The maximum Gasteiger partial charge on any atom is 0.331 e. The van der Waals surface area contributed by atoms with E-state index in [1.54, 1.807) is 47.4 Å². The normalized spacial score (nSPS) is 22.0. The SMILES string of the molecule is O=C(NCc1ccc2c(c1)OCO2)C1CCC2C(=O)N(c3ccccc3)C(=O)N(Cc3ccccc3F)C2C1. The van der Waals surface area contributed by atoms with Gasteiger partial charge >= 0.3 is 6.03 Å². The van der Waals surface area contributed by atoms with Gasteiger partial charge in [0.15, 0.2) is 11.5 Å². The molecule has 3 atom stereocenters. The second-order valence-corrected chi connectivity index (χ2v) is 10.1. The van der Waals surface area contributed by atoms with Gasteiger partial charge < -0.3 is 19.7 Å². The Hall–Kier alpha value is -4.40. The number of carbonyl (C=O) groups is 3. The minimum atomic E-state index is -0.514. The van der Waals surface area contributed by atoms with Crippen molar-refractivity contribution in [2.75, 3.05) is 11.7 Å². The fraction of sp³-hybridized carbons (Fsp3) is 0.300. The largest absolute Gasteiger partial charge is 0.454 e. The van der Waals surface area contributed by atoms with Gasteiger partial charge in [0.1, 0.15) is 5.82 Å². The van der Waals surface area contributed by atoms with Crippen LogP contribution in [0.4, 0.5) is 14.9 Å². The zero-order chi connectivity index (χ0) is 26.9. The first kappa shape index (κ1) is 24.9. The van der Waals surface area contributed by atoms with Crippen molar-refractivity contribution in [3.8, 4) is 11.5 Å². The second kappa shape index (κ2) is 10.4. The summed E-state index contributed by atoms with van der Waals surface area (Å²) in [6, 6.07) is 19.6. The Morgan fingerprint density at radius 2 is 1.72 bits per heavy atom. The van der Waals surface area contributed by atoms with Crippen LogP contribution < -0.4 is 19.7 Å². The Morgan fingerprint density at radius 1 is 0.949 bits per heavy atom. The number of benzene rings is 3. The summed E-state index contributed by atoms with van der Waals surface area (Å²) in [6.07, 6.45) is 1.30. The van der Waals surface area contributed by atoms with E-state index in [0.717, 1.165) is 5.56 Å². The third-order valence-electron chi connectivity index (χ3n) is 7.78. The number of hydrogen-bond acceptors (Lipinski definition) is 5. The van der Waals surface area contributed by atoms with E-state index in [4.69, 9.17) is 9.47 Å². The molecule has 1 saturated heterocycles. The highest BCUT2D eigenvalue weighted by Gasteiger charge is 2.50. The molecule has 0 bridgehead atoms. The molecule has 1 N–H and O–H groups in total. The monoisotopic (exact) mass is 529 g/mol. The number of halogens is 1. The van der Waals surface area contributed by atoms with Crippen molar-refractivity contribution in [1.29, 1.82) is 0 Å². The van der Waals surface area contributed by atoms with Gasteiger partial charge in [0.25, 0.3) is 0 Å². The van der Waals surface area contributed by atoms with E-state index in [0.29, 0.717) is 48.6 Å². The summed E-state index contributed by atoms with van der Waals surface area (Å²) in [6.45, 7) is 0.506. The van der Waals surface area contributed by atoms with Gasteiger partial charge in [0.2, 0.25) is 18.6 Å². The van der Waals surface area contributed by atoms with E-state index in [1.807, 2.05) is 24.3 Å². The van der Waals surface area contributed by atoms with Crippen LogP contribution in [0, 0.1) is 17.7 Å². The van der Waals surface area contributed by atoms with E-state index in [1.165, 1.54) is 11.0 Å². The van der Waals surface area contributed by atoms with Gasteiger partial charge in [-0.3, -0.25) is 9.59 Å². The predicted molar refractivity (Wildman–Crippen MR) is 140 cm³/mol. The zero-order valence-electron chi connectivity index (χ0n) is 21.2. The molecule has 39 heavy (non-hydrogen) atoms. The molecule has 9 heteroatoms. The smallest absolute Gasteiger partial charge is 0.331 e. The van der Waals surface area contributed by atoms with Crippen molar-refractivity contribution in [2.24, 2.45) is 11.8 Å². The standard InChI is InChI=1S/C30H28FN3O5/c31-24-9-5-4-6-21(24)17-33-25-15-20(28(35)32-16-19-10-13-26-27(14-19)39-18-38-26)11-12-23(25)29(36)34(30(33)37)22-7-2-1-3-8-22/h1-10,13-14,20,23,25H,11-12,15-18H2,(H,32,35). The molecule has 3 aliphatic rings. The molecule has 4 amide bonds. The predicted octanol–water partition coefficient (Wildman–Crippen LogP) is 4.62. The van der Waals surface area contributed by atoms with Gasteiger partial charge in [-0.25, -0.2) is 14.1 Å². The van der Waals surface area contributed by atoms with Crippen molar-refractivity contribution >= 4 is 23.5 Å². The topological polar surface area (TPSA) is 88.2 Å². The molecular formula is C30H28FN3O5. The van der Waals surface area contributed by atoms with Crippen molar-refractivity contribution < 1.29 is 28.2 Å². The van der Waals surface area contributed by atoms with Crippen LogP contribution in [0.15, 0.2) is 72.8 Å². The van der Waals surface area contributed by atoms with Gasteiger partial charge in [-0.1, -0.05) is 42.5 Å². The fourth-order valence-corrected chi connectivity index (χ4v) is 5.74. The van der Waals surface area contributed by atoms with Crippen LogP contribution in [0.25, 0.3) is 0 Å². The molecule has 6 rings (SSSR count). The molecule has 1 saturated carbocycles. The number of nitrogens with zero attached hydrogens (tertiary/aromatic N) is 2. The van der Waals surface area contributed by atoms with Crippen LogP contribution in [0.5, 0.6) is 11.5 Å². The highest BCUT2D eigenvalue weighted by molar-refractivity contribution is 6.17. The summed E-state index contributed by atoms with van der Waals surface area (Å²) in [5.41, 5.74) is 1.72. The third kappa shape index (κ3) is 4.80. The molecule has 200 valence electrons. The van der Waals surface area contributed by atoms with Crippen LogP contribution in [-0.2, 0) is 22.7 Å². The molecule has 0 radical (unpaired) electrons. The fourth-order valence-electron chi connectivity index (χ4n) is 5.74. The summed E-state index contributed by atoms with van der Waals surface area (Å²) in [5, 5.41) is 2.99. The van der Waals surface area contributed by atoms with Crippen LogP contribution >= 0.6 is 0 Å². The summed E-state index contributed by atoms with van der Waals surface area (Å²) in [5.74, 6) is -0.371. The number of para-hydroxylation sites is 1. The molecular weight excluding hydrogens is 501 g/mol. The van der Waals surface area contributed by atoms with Gasteiger partial charge in [0, 0.05) is 24.1 Å². The molecule has 0 spiro atoms. The summed E-state index contributed by atoms with van der Waals surface area (Å²) in [7, 11) is 0. The first-order chi connectivity index (χ1) is 19.0. The van der Waals surface area contributed by atoms with E-state index < -0.39 is 23.8 Å². The minimum Gasteiger partial charge on any atom is -0.454 e. The lowest BCUT2D eigenvalue weighted by Gasteiger charge is -2.48. The lowest BCUT2D eigenvalue weighted by atomic mass is 9.75. The average molecular weight is 530 g/mol. The second-order valence-electron chi connectivity index (χ2n) is 10.1. The summed E-state index contributed by atoms with van der Waals surface area (Å²) < 4.78 is 25.4. The van der Waals surface area contributed by atoms with Crippen molar-refractivity contribution in [2.45, 2.75) is 38.4 Å². The number of imide groups is 1. The molecule has 8 nitrogen and oxygen atoms in total. The first-order valence-electron chi connectivity index (χ1n) is 13.1. The highest BCUT2D eigenvalue weighted by atomic mass is 19.1. The van der Waals surface area contributed by atoms with Crippen LogP contribution in [-0.4, -0.2) is 35.6 Å². The Balaban J connectivity index is 1.22. The average Bonchev–Trinajstić information content (AvgIpc) is 3.43. The maximum absolute atomic E-state index is 14.6. The Kier molecular flexibility index (Phi) is 6.64. The summed E-state index contributed by atoms with van der Waals surface area (Å²) >= 11 is 0. The number of fused-ring (bicyclic) bond motifs is 2. The number of hydrogen-bond donors (Lipinski definition) is 1. The number of nitrogens with one attached hydrogen (secondary N) is 1. The van der Waals surface area contributed by atoms with Crippen molar-refractivity contribution in [3.05, 3.63) is 89.7 Å². The van der Waals surface area contributed by atoms with Crippen molar-refractivity contribution in [1.82, 2.24) is 10.2 Å².